The van der Waals surface area contributed by atoms with E-state index in [1.165, 1.54) is 0 Å². The summed E-state index contributed by atoms with van der Waals surface area (Å²) >= 11 is 0. The molecule has 21 heavy (non-hydrogen) atoms. The molecule has 0 fully saturated rings. The van der Waals surface area contributed by atoms with Gasteiger partial charge in [0.05, 0.1) is 4.75 Å². The fourth-order valence-corrected chi connectivity index (χ4v) is 4.13. The number of allylic oxidation sites excluding steroid dienone is 1. The van der Waals surface area contributed by atoms with Gasteiger partial charge in [-0.1, -0.05) is 69.0 Å². The van der Waals surface area contributed by atoms with Gasteiger partial charge in [0.2, 0.25) is 0 Å². The molecule has 110 valence electrons. The van der Waals surface area contributed by atoms with Crippen molar-refractivity contribution in [2.75, 3.05) is 0 Å². The molecule has 3 nitrogen and oxygen atoms in total. The molecule has 0 spiro atoms. The van der Waals surface area contributed by atoms with Gasteiger partial charge in [0.25, 0.3) is 0 Å². The van der Waals surface area contributed by atoms with Crippen molar-refractivity contribution >= 4 is 16.2 Å². The number of unbranched alkanes of at least 4 members (excludes halogenated alkanes) is 3. The summed E-state index contributed by atoms with van der Waals surface area (Å²) in [7, 11) is -4.39. The van der Waals surface area contributed by atoms with Gasteiger partial charge in [0, 0.05) is 0 Å². The molecule has 0 bridgehead atoms. The summed E-state index contributed by atoms with van der Waals surface area (Å²) in [5.74, 6) is 0. The Morgan fingerprint density at radius 2 is 1.90 bits per heavy atom. The van der Waals surface area contributed by atoms with Gasteiger partial charge in [0.15, 0.2) is 0 Å². The van der Waals surface area contributed by atoms with E-state index in [2.05, 4.69) is 6.92 Å². The van der Waals surface area contributed by atoms with Gasteiger partial charge in [-0.15, -0.1) is 0 Å². The predicted octanol–water partition coefficient (Wildman–Crippen LogP) is 0.818. The smallest absolute Gasteiger partial charge is 0.747 e. The fraction of sp³-hybridized carbons (Fsp3) is 0.500. The van der Waals surface area contributed by atoms with Gasteiger partial charge in [-0.05, 0) is 24.0 Å². The molecule has 1 aromatic rings. The number of fused-ring (bicyclic) bond motifs is 1. The first-order valence-corrected chi connectivity index (χ1v) is 8.63. The van der Waals surface area contributed by atoms with Gasteiger partial charge < -0.3 is 4.55 Å². The van der Waals surface area contributed by atoms with E-state index < -0.39 is 14.9 Å². The van der Waals surface area contributed by atoms with Crippen LogP contribution >= 0.6 is 0 Å². The number of rotatable bonds is 6. The molecule has 2 rings (SSSR count). The second-order valence-corrected chi connectivity index (χ2v) is 7.14. The molecule has 0 amide bonds. The molecule has 0 aromatic heterocycles. The maximum atomic E-state index is 11.9. The SMILES string of the molecule is CCCCCCC1(S(=O)(=O)[O-])CC=Cc2ccccc21.[Na+]. The quantitative estimate of drug-likeness (QED) is 0.443. The number of hydrogen-bond donors (Lipinski definition) is 0. The van der Waals surface area contributed by atoms with E-state index in [1.54, 1.807) is 6.07 Å². The van der Waals surface area contributed by atoms with Crippen LogP contribution in [-0.2, 0) is 14.9 Å². The predicted molar refractivity (Wildman–Crippen MR) is 80.2 cm³/mol. The zero-order valence-electron chi connectivity index (χ0n) is 12.8. The van der Waals surface area contributed by atoms with E-state index in [0.717, 1.165) is 31.2 Å². The van der Waals surface area contributed by atoms with Crippen LogP contribution in [0.3, 0.4) is 0 Å². The molecule has 0 heterocycles. The van der Waals surface area contributed by atoms with Crippen LogP contribution < -0.4 is 29.6 Å². The van der Waals surface area contributed by atoms with Crippen molar-refractivity contribution in [3.05, 3.63) is 41.5 Å². The minimum absolute atomic E-state index is 0. The van der Waals surface area contributed by atoms with Crippen LogP contribution in [0.4, 0.5) is 0 Å². The number of benzene rings is 1. The first kappa shape index (κ1) is 18.9. The third-order valence-corrected chi connectivity index (χ3v) is 5.66. The molecular formula is C16H21NaO3S. The van der Waals surface area contributed by atoms with E-state index in [1.807, 2.05) is 30.4 Å². The van der Waals surface area contributed by atoms with Crippen molar-refractivity contribution in [2.45, 2.75) is 50.2 Å². The van der Waals surface area contributed by atoms with Gasteiger partial charge in [-0.25, -0.2) is 8.42 Å². The average Bonchev–Trinajstić information content (AvgIpc) is 2.42. The van der Waals surface area contributed by atoms with Gasteiger partial charge in [0.1, 0.15) is 10.1 Å². The monoisotopic (exact) mass is 316 g/mol. The molecule has 0 radical (unpaired) electrons. The molecule has 1 aliphatic carbocycles. The van der Waals surface area contributed by atoms with Crippen LogP contribution in [0.2, 0.25) is 0 Å². The normalized spacial score (nSPS) is 20.7. The third kappa shape index (κ3) is 3.99. The second kappa shape index (κ2) is 7.93. The largest absolute Gasteiger partial charge is 1.00 e. The van der Waals surface area contributed by atoms with Crippen molar-refractivity contribution < 1.29 is 42.5 Å². The third-order valence-electron chi connectivity index (χ3n) is 4.11. The molecule has 0 saturated carbocycles. The first-order chi connectivity index (χ1) is 9.51. The van der Waals surface area contributed by atoms with Crippen molar-refractivity contribution in [2.24, 2.45) is 0 Å². The van der Waals surface area contributed by atoms with Crippen molar-refractivity contribution in [1.29, 1.82) is 0 Å². The summed E-state index contributed by atoms with van der Waals surface area (Å²) in [6, 6.07) is 7.34. The Morgan fingerprint density at radius 1 is 1.19 bits per heavy atom. The van der Waals surface area contributed by atoms with Gasteiger partial charge >= 0.3 is 29.6 Å². The molecule has 0 saturated heterocycles. The summed E-state index contributed by atoms with van der Waals surface area (Å²) in [4.78, 5) is 0. The maximum absolute atomic E-state index is 11.9. The van der Waals surface area contributed by atoms with E-state index in [0.29, 0.717) is 18.4 Å². The van der Waals surface area contributed by atoms with Gasteiger partial charge in [-0.2, -0.15) is 0 Å². The Balaban J connectivity index is 0.00000220. The van der Waals surface area contributed by atoms with Crippen molar-refractivity contribution in [3.8, 4) is 0 Å². The zero-order chi connectivity index (χ0) is 14.6. The molecule has 1 aromatic carbocycles. The summed E-state index contributed by atoms with van der Waals surface area (Å²) < 4.78 is 34.6. The van der Waals surface area contributed by atoms with Crippen LogP contribution in [0.1, 0.15) is 56.6 Å². The summed E-state index contributed by atoms with van der Waals surface area (Å²) in [6.45, 7) is 2.11. The van der Waals surface area contributed by atoms with E-state index in [-0.39, 0.29) is 29.6 Å². The van der Waals surface area contributed by atoms with Crippen LogP contribution in [-0.4, -0.2) is 13.0 Å². The molecule has 1 atom stereocenters. The summed E-state index contributed by atoms with van der Waals surface area (Å²) in [5, 5.41) is 0. The van der Waals surface area contributed by atoms with Crippen LogP contribution in [0.25, 0.3) is 6.08 Å². The fourth-order valence-electron chi connectivity index (χ4n) is 2.98. The Bertz CT molecular complexity index is 595. The van der Waals surface area contributed by atoms with Crippen molar-refractivity contribution in [3.63, 3.8) is 0 Å². The molecule has 1 aliphatic rings. The molecule has 1 unspecified atom stereocenters. The Labute approximate surface area is 149 Å². The molecule has 0 N–H and O–H groups in total. The minimum Gasteiger partial charge on any atom is -0.747 e. The Hall–Kier alpha value is -0.130. The molecular weight excluding hydrogens is 295 g/mol. The number of hydrogen-bond acceptors (Lipinski definition) is 3. The first-order valence-electron chi connectivity index (χ1n) is 7.23. The second-order valence-electron chi connectivity index (χ2n) is 5.45. The van der Waals surface area contributed by atoms with Crippen LogP contribution in [0.5, 0.6) is 0 Å². The van der Waals surface area contributed by atoms with Crippen molar-refractivity contribution in [1.82, 2.24) is 0 Å². The maximum Gasteiger partial charge on any atom is 1.00 e. The van der Waals surface area contributed by atoms with E-state index >= 15 is 0 Å². The van der Waals surface area contributed by atoms with Gasteiger partial charge in [-0.3, -0.25) is 0 Å². The van der Waals surface area contributed by atoms with Crippen LogP contribution in [0.15, 0.2) is 30.3 Å². The standard InChI is InChI=1S/C16H22O3S.Na/c1-2-3-4-7-12-16(20(17,18)19)13-8-10-14-9-5-6-11-15(14)16;/h5-6,8-11H,2-4,7,12-13H2,1H3,(H,17,18,19);/q;+1/p-1. The zero-order valence-corrected chi connectivity index (χ0v) is 15.7. The molecule has 5 heteroatoms. The van der Waals surface area contributed by atoms with E-state index in [4.69, 9.17) is 0 Å². The summed E-state index contributed by atoms with van der Waals surface area (Å²) in [6.07, 6.45) is 8.35. The topological polar surface area (TPSA) is 57.2 Å². The van der Waals surface area contributed by atoms with E-state index in [9.17, 15) is 13.0 Å². The summed E-state index contributed by atoms with van der Waals surface area (Å²) in [5.41, 5.74) is 1.53. The minimum atomic E-state index is -4.39. The molecule has 0 aliphatic heterocycles. The average molecular weight is 316 g/mol. The Kier molecular flexibility index (Phi) is 7.14. The Morgan fingerprint density at radius 3 is 2.57 bits per heavy atom. The van der Waals surface area contributed by atoms with Crippen LogP contribution in [0, 0.1) is 0 Å².